The van der Waals surface area contributed by atoms with E-state index in [4.69, 9.17) is 4.74 Å². The summed E-state index contributed by atoms with van der Waals surface area (Å²) in [5.41, 5.74) is 4.00. The van der Waals surface area contributed by atoms with Gasteiger partial charge in [0, 0.05) is 23.9 Å². The first-order valence-corrected chi connectivity index (χ1v) is 7.21. The Morgan fingerprint density at radius 3 is 2.67 bits per heavy atom. The monoisotopic (exact) mass is 283 g/mol. The lowest BCUT2D eigenvalue weighted by Gasteiger charge is -2.13. The van der Waals surface area contributed by atoms with E-state index in [0.717, 1.165) is 11.3 Å². The minimum atomic E-state index is -0.434. The second kappa shape index (κ2) is 7.14. The minimum absolute atomic E-state index is 0.0270. The number of ether oxygens (including phenoxy) is 1. The Morgan fingerprint density at radius 2 is 2.00 bits per heavy atom. The Balaban J connectivity index is 1.89. The third kappa shape index (κ3) is 4.23. The standard InChI is InChI=1S/C18H21NO2/c1-13-7-8-16(12-14(13)2)18(20)15(3)21-11-9-17-6-4-5-10-19-17/h4-8,10,12,15H,9,11H2,1-3H3. The minimum Gasteiger partial charge on any atom is -0.370 e. The molecule has 0 radical (unpaired) electrons. The lowest BCUT2D eigenvalue weighted by molar-refractivity contribution is 0.0485. The van der Waals surface area contributed by atoms with Gasteiger partial charge < -0.3 is 4.74 Å². The molecule has 2 rings (SSSR count). The fourth-order valence-electron chi connectivity index (χ4n) is 2.09. The zero-order valence-corrected chi connectivity index (χ0v) is 12.8. The largest absolute Gasteiger partial charge is 0.370 e. The van der Waals surface area contributed by atoms with E-state index in [9.17, 15) is 4.79 Å². The lowest BCUT2D eigenvalue weighted by Crippen LogP contribution is -2.22. The van der Waals surface area contributed by atoms with E-state index >= 15 is 0 Å². The molecule has 21 heavy (non-hydrogen) atoms. The van der Waals surface area contributed by atoms with Crippen molar-refractivity contribution in [2.24, 2.45) is 0 Å². The Hall–Kier alpha value is -2.00. The molecule has 0 fully saturated rings. The maximum atomic E-state index is 12.3. The highest BCUT2D eigenvalue weighted by Gasteiger charge is 2.16. The summed E-state index contributed by atoms with van der Waals surface area (Å²) in [5, 5.41) is 0. The number of Topliss-reactive ketones (excluding diaryl/α,β-unsaturated/α-hetero) is 1. The van der Waals surface area contributed by atoms with Gasteiger partial charge in [0.05, 0.1) is 6.61 Å². The first-order valence-electron chi connectivity index (χ1n) is 7.21. The summed E-state index contributed by atoms with van der Waals surface area (Å²) in [4.78, 5) is 16.5. The lowest BCUT2D eigenvalue weighted by atomic mass is 10.0. The van der Waals surface area contributed by atoms with Gasteiger partial charge in [0.2, 0.25) is 0 Å². The quantitative estimate of drug-likeness (QED) is 0.761. The highest BCUT2D eigenvalue weighted by Crippen LogP contribution is 2.13. The van der Waals surface area contributed by atoms with Gasteiger partial charge in [-0.25, -0.2) is 0 Å². The van der Waals surface area contributed by atoms with Crippen LogP contribution in [0.3, 0.4) is 0 Å². The van der Waals surface area contributed by atoms with E-state index in [2.05, 4.69) is 4.98 Å². The Kier molecular flexibility index (Phi) is 5.23. The van der Waals surface area contributed by atoms with E-state index < -0.39 is 6.10 Å². The number of hydrogen-bond acceptors (Lipinski definition) is 3. The van der Waals surface area contributed by atoms with Crippen LogP contribution in [0.25, 0.3) is 0 Å². The van der Waals surface area contributed by atoms with Crippen LogP contribution in [0.4, 0.5) is 0 Å². The average Bonchev–Trinajstić information content (AvgIpc) is 2.50. The van der Waals surface area contributed by atoms with Crippen molar-refractivity contribution in [3.05, 3.63) is 65.0 Å². The van der Waals surface area contributed by atoms with Gasteiger partial charge in [-0.3, -0.25) is 9.78 Å². The second-order valence-electron chi connectivity index (χ2n) is 5.25. The van der Waals surface area contributed by atoms with Crippen LogP contribution in [0, 0.1) is 13.8 Å². The van der Waals surface area contributed by atoms with Crippen LogP contribution < -0.4 is 0 Å². The maximum absolute atomic E-state index is 12.3. The Labute approximate surface area is 126 Å². The van der Waals surface area contributed by atoms with E-state index in [1.54, 1.807) is 13.1 Å². The fraction of sp³-hybridized carbons (Fsp3) is 0.333. The van der Waals surface area contributed by atoms with E-state index in [1.165, 1.54) is 5.56 Å². The summed E-state index contributed by atoms with van der Waals surface area (Å²) in [5.74, 6) is 0.0270. The van der Waals surface area contributed by atoms with Crippen LogP contribution in [0.1, 0.15) is 34.1 Å². The number of aryl methyl sites for hydroxylation is 2. The number of ketones is 1. The molecule has 0 saturated heterocycles. The van der Waals surface area contributed by atoms with Crippen LogP contribution in [-0.4, -0.2) is 23.5 Å². The molecular weight excluding hydrogens is 262 g/mol. The number of carbonyl (C=O) groups excluding carboxylic acids is 1. The number of rotatable bonds is 6. The molecule has 0 aliphatic carbocycles. The second-order valence-corrected chi connectivity index (χ2v) is 5.25. The molecule has 0 saturated carbocycles. The van der Waals surface area contributed by atoms with Crippen LogP contribution >= 0.6 is 0 Å². The van der Waals surface area contributed by atoms with Crippen molar-refractivity contribution in [2.45, 2.75) is 33.3 Å². The molecule has 2 aromatic rings. The molecule has 0 spiro atoms. The molecule has 0 N–H and O–H groups in total. The topological polar surface area (TPSA) is 39.2 Å². The third-order valence-corrected chi connectivity index (χ3v) is 3.61. The van der Waals surface area contributed by atoms with Gasteiger partial charge in [0.1, 0.15) is 6.10 Å². The van der Waals surface area contributed by atoms with Gasteiger partial charge in [-0.15, -0.1) is 0 Å². The maximum Gasteiger partial charge on any atom is 0.191 e. The van der Waals surface area contributed by atoms with Gasteiger partial charge in [-0.05, 0) is 50.1 Å². The molecule has 0 bridgehead atoms. The van der Waals surface area contributed by atoms with Crippen LogP contribution in [0.15, 0.2) is 42.6 Å². The number of aromatic nitrogens is 1. The molecule has 0 amide bonds. The molecule has 0 aliphatic heterocycles. The van der Waals surface area contributed by atoms with Crippen molar-refractivity contribution >= 4 is 5.78 Å². The van der Waals surface area contributed by atoms with Crippen molar-refractivity contribution < 1.29 is 9.53 Å². The molecule has 0 aliphatic rings. The average molecular weight is 283 g/mol. The number of pyridine rings is 1. The van der Waals surface area contributed by atoms with E-state index in [0.29, 0.717) is 18.6 Å². The predicted molar refractivity (Wildman–Crippen MR) is 83.6 cm³/mol. The number of benzene rings is 1. The van der Waals surface area contributed by atoms with Crippen molar-refractivity contribution in [3.8, 4) is 0 Å². The first kappa shape index (κ1) is 15.4. The molecule has 1 atom stereocenters. The molecule has 1 unspecified atom stereocenters. The van der Waals surface area contributed by atoms with Crippen LogP contribution in [0.2, 0.25) is 0 Å². The van der Waals surface area contributed by atoms with E-state index in [1.807, 2.05) is 50.2 Å². The van der Waals surface area contributed by atoms with Crippen LogP contribution in [-0.2, 0) is 11.2 Å². The number of nitrogens with zero attached hydrogens (tertiary/aromatic N) is 1. The van der Waals surface area contributed by atoms with Crippen molar-refractivity contribution in [1.29, 1.82) is 0 Å². The van der Waals surface area contributed by atoms with Gasteiger partial charge in [0.25, 0.3) is 0 Å². The molecule has 1 heterocycles. The highest BCUT2D eigenvalue weighted by molar-refractivity contribution is 5.99. The van der Waals surface area contributed by atoms with Gasteiger partial charge in [-0.1, -0.05) is 18.2 Å². The van der Waals surface area contributed by atoms with E-state index in [-0.39, 0.29) is 5.78 Å². The normalized spacial score (nSPS) is 12.1. The molecular formula is C18H21NO2. The summed E-state index contributed by atoms with van der Waals surface area (Å²) >= 11 is 0. The van der Waals surface area contributed by atoms with Gasteiger partial charge in [-0.2, -0.15) is 0 Å². The summed E-state index contributed by atoms with van der Waals surface area (Å²) in [6, 6.07) is 11.6. The number of hydrogen-bond donors (Lipinski definition) is 0. The number of carbonyl (C=O) groups is 1. The molecule has 110 valence electrons. The molecule has 1 aromatic heterocycles. The summed E-state index contributed by atoms with van der Waals surface area (Å²) in [7, 11) is 0. The zero-order valence-electron chi connectivity index (χ0n) is 12.8. The van der Waals surface area contributed by atoms with Crippen molar-refractivity contribution in [2.75, 3.05) is 6.61 Å². The fourth-order valence-corrected chi connectivity index (χ4v) is 2.09. The predicted octanol–water partition coefficient (Wildman–Crippen LogP) is 3.53. The molecule has 3 nitrogen and oxygen atoms in total. The summed E-state index contributed by atoms with van der Waals surface area (Å²) in [6.07, 6.45) is 2.04. The Morgan fingerprint density at radius 1 is 1.19 bits per heavy atom. The molecule has 3 heteroatoms. The summed E-state index contributed by atoms with van der Waals surface area (Å²) in [6.45, 7) is 6.35. The SMILES string of the molecule is Cc1ccc(C(=O)C(C)OCCc2ccccn2)cc1C. The van der Waals surface area contributed by atoms with Crippen LogP contribution in [0.5, 0.6) is 0 Å². The highest BCUT2D eigenvalue weighted by atomic mass is 16.5. The van der Waals surface area contributed by atoms with Crippen molar-refractivity contribution in [3.63, 3.8) is 0 Å². The third-order valence-electron chi connectivity index (χ3n) is 3.61. The summed E-state index contributed by atoms with van der Waals surface area (Å²) < 4.78 is 5.64. The zero-order chi connectivity index (χ0) is 15.2. The first-order chi connectivity index (χ1) is 10.1. The Bertz CT molecular complexity index is 608. The van der Waals surface area contributed by atoms with Crippen molar-refractivity contribution in [1.82, 2.24) is 4.98 Å². The van der Waals surface area contributed by atoms with Gasteiger partial charge >= 0.3 is 0 Å². The molecule has 1 aromatic carbocycles. The van der Waals surface area contributed by atoms with Gasteiger partial charge in [0.15, 0.2) is 5.78 Å². The smallest absolute Gasteiger partial charge is 0.191 e.